The van der Waals surface area contributed by atoms with Crippen molar-refractivity contribution in [3.05, 3.63) is 52.3 Å². The predicted molar refractivity (Wildman–Crippen MR) is 105 cm³/mol. The number of oxime groups is 1. The van der Waals surface area contributed by atoms with Gasteiger partial charge in [0.15, 0.2) is 6.61 Å². The Morgan fingerprint density at radius 1 is 1.11 bits per heavy atom. The number of aromatic amines is 1. The monoisotopic (exact) mass is 385 g/mol. The summed E-state index contributed by atoms with van der Waals surface area (Å²) in [6.45, 7) is 6.28. The van der Waals surface area contributed by atoms with E-state index < -0.39 is 5.97 Å². The smallest absolute Gasteiger partial charge is 0.339 e. The van der Waals surface area contributed by atoms with Gasteiger partial charge < -0.3 is 19.9 Å². The summed E-state index contributed by atoms with van der Waals surface area (Å²) in [7, 11) is 1.29. The van der Waals surface area contributed by atoms with Gasteiger partial charge in [-0.05, 0) is 44.0 Å². The first-order valence-corrected chi connectivity index (χ1v) is 8.59. The number of ketones is 1. The highest BCUT2D eigenvalue weighted by Crippen LogP contribution is 2.19. The summed E-state index contributed by atoms with van der Waals surface area (Å²) in [5.74, 6) is -0.971. The Kier molecular flexibility index (Phi) is 6.70. The van der Waals surface area contributed by atoms with Gasteiger partial charge >= 0.3 is 5.97 Å². The van der Waals surface area contributed by atoms with Gasteiger partial charge in [-0.1, -0.05) is 17.3 Å². The number of hydrogen-bond acceptors (Lipinski definition) is 6. The molecule has 148 valence electrons. The predicted octanol–water partition coefficient (Wildman–Crippen LogP) is 3.00. The van der Waals surface area contributed by atoms with Crippen LogP contribution in [-0.4, -0.2) is 42.1 Å². The molecule has 0 fully saturated rings. The zero-order valence-electron chi connectivity index (χ0n) is 16.5. The minimum absolute atomic E-state index is 0.148. The number of Topliss-reactive ketones (excluding diaryl/α,β-unsaturated/α-hetero) is 1. The molecule has 0 unspecified atom stereocenters. The Bertz CT molecular complexity index is 926. The van der Waals surface area contributed by atoms with Crippen molar-refractivity contribution < 1.29 is 24.0 Å². The fourth-order valence-corrected chi connectivity index (χ4v) is 2.75. The van der Waals surface area contributed by atoms with Crippen molar-refractivity contribution in [3.63, 3.8) is 0 Å². The Balaban J connectivity index is 2.03. The second kappa shape index (κ2) is 8.98. The second-order valence-corrected chi connectivity index (χ2v) is 6.25. The number of carbonyl (C=O) groups excluding carboxylic acids is 3. The fraction of sp³-hybridized carbons (Fsp3) is 0.300. The van der Waals surface area contributed by atoms with E-state index in [2.05, 4.69) is 15.5 Å². The van der Waals surface area contributed by atoms with Crippen LogP contribution in [0.5, 0.6) is 0 Å². The molecule has 0 spiro atoms. The molecule has 1 aromatic heterocycles. The lowest BCUT2D eigenvalue weighted by Crippen LogP contribution is -2.10. The van der Waals surface area contributed by atoms with E-state index in [1.807, 2.05) is 0 Å². The van der Waals surface area contributed by atoms with Gasteiger partial charge in [-0.15, -0.1) is 0 Å². The molecular weight excluding hydrogens is 362 g/mol. The van der Waals surface area contributed by atoms with Crippen LogP contribution in [0, 0.1) is 13.8 Å². The van der Waals surface area contributed by atoms with Gasteiger partial charge in [0.2, 0.25) is 11.7 Å². The number of nitrogens with zero attached hydrogens (tertiary/aromatic N) is 1. The lowest BCUT2D eigenvalue weighted by molar-refractivity contribution is -0.114. The normalized spacial score (nSPS) is 11.1. The van der Waals surface area contributed by atoms with Crippen LogP contribution >= 0.6 is 0 Å². The Morgan fingerprint density at radius 2 is 1.75 bits per heavy atom. The highest BCUT2D eigenvalue weighted by Gasteiger charge is 2.22. The second-order valence-electron chi connectivity index (χ2n) is 6.25. The van der Waals surface area contributed by atoms with Crippen LogP contribution in [0.1, 0.15) is 51.5 Å². The molecular formula is C20H23N3O5. The van der Waals surface area contributed by atoms with Gasteiger partial charge in [0.1, 0.15) is 0 Å². The topological polar surface area (TPSA) is 110 Å². The zero-order chi connectivity index (χ0) is 20.8. The minimum Gasteiger partial charge on any atom is -0.465 e. The third kappa shape index (κ3) is 4.85. The van der Waals surface area contributed by atoms with E-state index in [1.165, 1.54) is 14.0 Å². The summed E-state index contributed by atoms with van der Waals surface area (Å²) in [5.41, 5.74) is 3.78. The number of amides is 1. The van der Waals surface area contributed by atoms with Crippen molar-refractivity contribution in [3.8, 4) is 0 Å². The van der Waals surface area contributed by atoms with E-state index >= 15 is 0 Å². The van der Waals surface area contributed by atoms with Crippen molar-refractivity contribution in [2.24, 2.45) is 5.16 Å². The van der Waals surface area contributed by atoms with Crippen LogP contribution in [0.15, 0.2) is 29.4 Å². The molecule has 0 bridgehead atoms. The van der Waals surface area contributed by atoms with Gasteiger partial charge in [0.25, 0.3) is 0 Å². The first kappa shape index (κ1) is 20.9. The molecule has 1 amide bonds. The quantitative estimate of drug-likeness (QED) is 0.329. The highest BCUT2D eigenvalue weighted by atomic mass is 16.6. The van der Waals surface area contributed by atoms with Gasteiger partial charge in [0.05, 0.1) is 24.1 Å². The molecule has 2 N–H and O–H groups in total. The number of benzene rings is 1. The third-order valence-corrected chi connectivity index (χ3v) is 4.13. The van der Waals surface area contributed by atoms with E-state index in [1.54, 1.807) is 45.0 Å². The molecule has 0 saturated carbocycles. The maximum Gasteiger partial charge on any atom is 0.339 e. The number of anilines is 1. The number of ether oxygens (including phenoxy) is 1. The van der Waals surface area contributed by atoms with E-state index in [0.717, 1.165) is 5.56 Å². The zero-order valence-corrected chi connectivity index (χ0v) is 16.5. The number of methoxy groups -OCH3 is 1. The minimum atomic E-state index is -0.497. The van der Waals surface area contributed by atoms with Crippen LogP contribution in [0.3, 0.4) is 0 Å². The number of hydrogen-bond donors (Lipinski definition) is 2. The molecule has 0 saturated heterocycles. The van der Waals surface area contributed by atoms with Crippen LogP contribution in [0.25, 0.3) is 0 Å². The maximum absolute atomic E-state index is 12.4. The molecule has 0 radical (unpaired) electrons. The molecule has 1 heterocycles. The molecule has 28 heavy (non-hydrogen) atoms. The van der Waals surface area contributed by atoms with Gasteiger partial charge in [-0.25, -0.2) is 4.79 Å². The van der Waals surface area contributed by atoms with Gasteiger partial charge in [-0.3, -0.25) is 9.59 Å². The molecule has 0 atom stereocenters. The Morgan fingerprint density at radius 3 is 2.32 bits per heavy atom. The number of aryl methyl sites for hydroxylation is 1. The number of esters is 1. The summed E-state index contributed by atoms with van der Waals surface area (Å²) in [5, 5.41) is 6.64. The molecule has 2 rings (SSSR count). The SMILES string of the molecule is COC(=O)c1c(C)[nH]c(C(=O)CO/N=C(\C)c2ccc(NC(C)=O)cc2)c1C. The summed E-state index contributed by atoms with van der Waals surface area (Å²) < 4.78 is 4.74. The summed E-state index contributed by atoms with van der Waals surface area (Å²) >= 11 is 0. The number of H-pyrrole nitrogens is 1. The van der Waals surface area contributed by atoms with E-state index in [4.69, 9.17) is 9.57 Å². The number of rotatable bonds is 7. The summed E-state index contributed by atoms with van der Waals surface area (Å²) in [6.07, 6.45) is 0. The van der Waals surface area contributed by atoms with Crippen LogP contribution < -0.4 is 5.32 Å². The average Bonchev–Trinajstić information content (AvgIpc) is 2.95. The maximum atomic E-state index is 12.4. The largest absolute Gasteiger partial charge is 0.465 e. The number of nitrogens with one attached hydrogen (secondary N) is 2. The van der Waals surface area contributed by atoms with Crippen molar-refractivity contribution in [2.45, 2.75) is 27.7 Å². The Hall–Kier alpha value is -3.42. The Labute approximate surface area is 162 Å². The standard InChI is InChI=1S/C20H23N3O5/c1-11-18(20(26)27-5)13(3)21-19(11)17(25)10-28-23-12(2)15-6-8-16(9-7-15)22-14(4)24/h6-9,21H,10H2,1-5H3,(H,22,24)/b23-12+. The van der Waals surface area contributed by atoms with E-state index in [-0.39, 0.29) is 18.3 Å². The van der Waals surface area contributed by atoms with Crippen LogP contribution in [0.4, 0.5) is 5.69 Å². The van der Waals surface area contributed by atoms with Gasteiger partial charge in [0, 0.05) is 18.3 Å². The third-order valence-electron chi connectivity index (χ3n) is 4.13. The van der Waals surface area contributed by atoms with E-state index in [0.29, 0.717) is 33.9 Å². The lowest BCUT2D eigenvalue weighted by atomic mass is 10.1. The molecule has 8 nitrogen and oxygen atoms in total. The fourth-order valence-electron chi connectivity index (χ4n) is 2.75. The summed E-state index contributed by atoms with van der Waals surface area (Å²) in [4.78, 5) is 43.3. The molecule has 0 aliphatic rings. The van der Waals surface area contributed by atoms with Crippen molar-refractivity contribution >= 4 is 29.1 Å². The molecule has 0 aliphatic heterocycles. The van der Waals surface area contributed by atoms with Crippen LogP contribution in [-0.2, 0) is 14.4 Å². The van der Waals surface area contributed by atoms with Gasteiger partial charge in [-0.2, -0.15) is 0 Å². The highest BCUT2D eigenvalue weighted by molar-refractivity contribution is 6.02. The average molecular weight is 385 g/mol. The molecule has 1 aromatic carbocycles. The van der Waals surface area contributed by atoms with E-state index in [9.17, 15) is 14.4 Å². The molecule has 0 aliphatic carbocycles. The van der Waals surface area contributed by atoms with Crippen molar-refractivity contribution in [1.29, 1.82) is 0 Å². The number of aromatic nitrogens is 1. The molecule has 8 heteroatoms. The number of carbonyl (C=O) groups is 3. The lowest BCUT2D eigenvalue weighted by Gasteiger charge is -2.05. The molecule has 2 aromatic rings. The first-order valence-electron chi connectivity index (χ1n) is 8.59. The van der Waals surface area contributed by atoms with Crippen LogP contribution in [0.2, 0.25) is 0 Å². The summed E-state index contributed by atoms with van der Waals surface area (Å²) in [6, 6.07) is 7.08. The van der Waals surface area contributed by atoms with Crippen molar-refractivity contribution in [2.75, 3.05) is 19.0 Å². The van der Waals surface area contributed by atoms with Crippen molar-refractivity contribution in [1.82, 2.24) is 4.98 Å². The first-order chi connectivity index (χ1) is 13.2.